The quantitative estimate of drug-likeness (QED) is 0.611. The number of sulfonamides is 1. The van der Waals surface area contributed by atoms with E-state index in [0.29, 0.717) is 18.7 Å². The molecule has 1 saturated heterocycles. The van der Waals surface area contributed by atoms with E-state index in [-0.39, 0.29) is 25.3 Å². The normalized spacial score (nSPS) is 17.2. The van der Waals surface area contributed by atoms with Crippen LogP contribution in [0.25, 0.3) is 10.9 Å². The monoisotopic (exact) mass is 460 g/mol. The second kappa shape index (κ2) is 9.11. The molecule has 170 valence electrons. The Kier molecular flexibility index (Phi) is 6.43. The molecule has 1 fully saturated rings. The van der Waals surface area contributed by atoms with Crippen LogP contribution in [0, 0.1) is 19.7 Å². The maximum atomic E-state index is 14.4. The molecule has 2 heterocycles. The Hall–Kier alpha value is -2.59. The Labute approximate surface area is 185 Å². The minimum atomic E-state index is -4.24. The van der Waals surface area contributed by atoms with Crippen LogP contribution in [-0.2, 0) is 26.0 Å². The average Bonchev–Trinajstić information content (AvgIpc) is 2.76. The van der Waals surface area contributed by atoms with Gasteiger partial charge in [-0.3, -0.25) is 4.79 Å². The number of nitrogens with one attached hydrogen (secondary N) is 1. The Morgan fingerprint density at radius 2 is 1.88 bits per heavy atom. The fourth-order valence-corrected chi connectivity index (χ4v) is 5.25. The highest BCUT2D eigenvalue weighted by atomic mass is 32.2. The molecule has 1 aromatic heterocycles. The Morgan fingerprint density at radius 1 is 1.12 bits per heavy atom. The van der Waals surface area contributed by atoms with E-state index < -0.39 is 32.4 Å². The Balaban J connectivity index is 1.75. The summed E-state index contributed by atoms with van der Waals surface area (Å²) in [6.45, 7) is 4.61. The number of nitrogens with zero attached hydrogens (tertiary/aromatic N) is 1. The molecule has 1 atom stereocenters. The van der Waals surface area contributed by atoms with Crippen molar-refractivity contribution in [3.05, 3.63) is 75.3 Å². The largest absolute Gasteiger partial charge is 0.376 e. The molecule has 9 heteroatoms. The smallest absolute Gasteiger partial charge is 0.252 e. The van der Waals surface area contributed by atoms with E-state index in [4.69, 9.17) is 9.47 Å². The predicted octanol–water partition coefficient (Wildman–Crippen LogP) is 2.89. The maximum absolute atomic E-state index is 14.4. The summed E-state index contributed by atoms with van der Waals surface area (Å²) in [7, 11) is -4.24. The summed E-state index contributed by atoms with van der Waals surface area (Å²) in [5.41, 5.74) is 2.64. The molecule has 3 aromatic rings. The molecule has 1 aliphatic rings. The lowest BCUT2D eigenvalue weighted by molar-refractivity contribution is -0.0923. The first kappa shape index (κ1) is 22.6. The molecular weight excluding hydrogens is 435 g/mol. The summed E-state index contributed by atoms with van der Waals surface area (Å²) in [5, 5.41) is 0.795. The van der Waals surface area contributed by atoms with Crippen LogP contribution in [-0.4, -0.2) is 50.2 Å². The molecule has 1 aliphatic heterocycles. The zero-order chi connectivity index (χ0) is 22.9. The van der Waals surface area contributed by atoms with Crippen molar-refractivity contribution in [2.24, 2.45) is 0 Å². The van der Waals surface area contributed by atoms with Gasteiger partial charge in [-0.15, -0.1) is 0 Å². The fraction of sp³-hybridized carbons (Fsp3) is 0.348. The summed E-state index contributed by atoms with van der Waals surface area (Å²) >= 11 is 0. The van der Waals surface area contributed by atoms with Crippen molar-refractivity contribution in [3.63, 3.8) is 0 Å². The molecule has 0 spiro atoms. The Morgan fingerprint density at radius 3 is 2.59 bits per heavy atom. The molecule has 1 N–H and O–H groups in total. The standard InChI is InChI=1S/C23H25FN2O5S/c1-15-9-17-11-18(23(27)25-21(17)10-16(15)2)12-26(13-19-14-30-7-8-31-19)32(28,29)22-6-4-3-5-20(22)24/h3-6,9-11,19H,7-8,12-14H2,1-2H3,(H,25,27). The lowest BCUT2D eigenvalue weighted by Crippen LogP contribution is -2.43. The van der Waals surface area contributed by atoms with Crippen LogP contribution in [0.4, 0.5) is 4.39 Å². The third kappa shape index (κ3) is 4.61. The highest BCUT2D eigenvalue weighted by Gasteiger charge is 2.31. The van der Waals surface area contributed by atoms with Gasteiger partial charge in [0.2, 0.25) is 10.0 Å². The molecule has 0 saturated carbocycles. The number of halogens is 1. The third-order valence-electron chi connectivity index (χ3n) is 5.63. The Bertz CT molecular complexity index is 1300. The van der Waals surface area contributed by atoms with Gasteiger partial charge < -0.3 is 14.5 Å². The van der Waals surface area contributed by atoms with E-state index >= 15 is 0 Å². The zero-order valence-electron chi connectivity index (χ0n) is 17.9. The summed E-state index contributed by atoms with van der Waals surface area (Å²) in [4.78, 5) is 15.2. The number of aryl methyl sites for hydroxylation is 2. The number of benzene rings is 2. The molecule has 0 bridgehead atoms. The first-order valence-corrected chi connectivity index (χ1v) is 11.8. The highest BCUT2D eigenvalue weighted by molar-refractivity contribution is 7.89. The number of hydrogen-bond acceptors (Lipinski definition) is 5. The first-order valence-electron chi connectivity index (χ1n) is 10.3. The summed E-state index contributed by atoms with van der Waals surface area (Å²) in [5.74, 6) is -0.850. The van der Waals surface area contributed by atoms with Crippen molar-refractivity contribution in [2.75, 3.05) is 26.4 Å². The number of hydrogen-bond donors (Lipinski definition) is 1. The third-order valence-corrected chi connectivity index (χ3v) is 7.47. The van der Waals surface area contributed by atoms with E-state index in [1.165, 1.54) is 18.2 Å². The molecule has 1 unspecified atom stereocenters. The van der Waals surface area contributed by atoms with E-state index in [0.717, 1.165) is 26.9 Å². The minimum Gasteiger partial charge on any atom is -0.376 e. The average molecular weight is 461 g/mol. The van der Waals surface area contributed by atoms with Crippen molar-refractivity contribution < 1.29 is 22.3 Å². The van der Waals surface area contributed by atoms with E-state index in [2.05, 4.69) is 4.98 Å². The van der Waals surface area contributed by atoms with Gasteiger partial charge in [0, 0.05) is 24.2 Å². The number of aromatic nitrogens is 1. The van der Waals surface area contributed by atoms with Gasteiger partial charge in [0.25, 0.3) is 5.56 Å². The molecule has 32 heavy (non-hydrogen) atoms. The predicted molar refractivity (Wildman–Crippen MR) is 119 cm³/mol. The van der Waals surface area contributed by atoms with Crippen LogP contribution < -0.4 is 5.56 Å². The van der Waals surface area contributed by atoms with Crippen molar-refractivity contribution in [1.29, 1.82) is 0 Å². The number of aromatic amines is 1. The van der Waals surface area contributed by atoms with E-state index in [9.17, 15) is 17.6 Å². The lowest BCUT2D eigenvalue weighted by atomic mass is 10.0. The molecule has 7 nitrogen and oxygen atoms in total. The number of rotatable bonds is 6. The highest BCUT2D eigenvalue weighted by Crippen LogP contribution is 2.23. The van der Waals surface area contributed by atoms with Gasteiger partial charge in [0.05, 0.1) is 25.9 Å². The summed E-state index contributed by atoms with van der Waals surface area (Å²) < 4.78 is 53.3. The summed E-state index contributed by atoms with van der Waals surface area (Å²) in [6.07, 6.45) is -0.519. The second-order valence-electron chi connectivity index (χ2n) is 7.94. The minimum absolute atomic E-state index is 0.0684. The van der Waals surface area contributed by atoms with Crippen molar-refractivity contribution in [2.45, 2.75) is 31.4 Å². The van der Waals surface area contributed by atoms with Gasteiger partial charge in [-0.25, -0.2) is 12.8 Å². The van der Waals surface area contributed by atoms with Crippen molar-refractivity contribution >= 4 is 20.9 Å². The second-order valence-corrected chi connectivity index (χ2v) is 9.85. The number of H-pyrrole nitrogens is 1. The number of ether oxygens (including phenoxy) is 2. The first-order chi connectivity index (χ1) is 15.3. The van der Waals surface area contributed by atoms with E-state index in [1.54, 1.807) is 6.07 Å². The fourth-order valence-electron chi connectivity index (χ4n) is 3.74. The number of fused-ring (bicyclic) bond motifs is 1. The zero-order valence-corrected chi connectivity index (χ0v) is 18.7. The maximum Gasteiger partial charge on any atom is 0.252 e. The van der Waals surface area contributed by atoms with Crippen LogP contribution in [0.2, 0.25) is 0 Å². The van der Waals surface area contributed by atoms with Gasteiger partial charge in [-0.05, 0) is 60.7 Å². The van der Waals surface area contributed by atoms with Gasteiger partial charge in [0.1, 0.15) is 10.7 Å². The number of pyridine rings is 1. The van der Waals surface area contributed by atoms with E-state index in [1.807, 2.05) is 26.0 Å². The molecule has 4 rings (SSSR count). The van der Waals surface area contributed by atoms with Gasteiger partial charge in [0.15, 0.2) is 0 Å². The van der Waals surface area contributed by atoms with Crippen LogP contribution in [0.3, 0.4) is 0 Å². The molecule has 0 amide bonds. The van der Waals surface area contributed by atoms with Crippen LogP contribution >= 0.6 is 0 Å². The van der Waals surface area contributed by atoms with Crippen LogP contribution in [0.5, 0.6) is 0 Å². The van der Waals surface area contributed by atoms with Gasteiger partial charge in [-0.1, -0.05) is 12.1 Å². The molecule has 2 aromatic carbocycles. The van der Waals surface area contributed by atoms with Crippen LogP contribution in [0.1, 0.15) is 16.7 Å². The van der Waals surface area contributed by atoms with Gasteiger partial charge >= 0.3 is 0 Å². The lowest BCUT2D eigenvalue weighted by Gasteiger charge is -2.29. The van der Waals surface area contributed by atoms with Gasteiger partial charge in [-0.2, -0.15) is 4.31 Å². The molecule has 0 aliphatic carbocycles. The van der Waals surface area contributed by atoms with Crippen molar-refractivity contribution in [3.8, 4) is 0 Å². The molecule has 0 radical (unpaired) electrons. The topological polar surface area (TPSA) is 88.7 Å². The SMILES string of the molecule is Cc1cc2cc(CN(CC3COCCO3)S(=O)(=O)c3ccccc3F)c(=O)[nH]c2cc1C. The van der Waals surface area contributed by atoms with Crippen LogP contribution in [0.15, 0.2) is 52.2 Å². The molecular formula is C23H25FN2O5S. The summed E-state index contributed by atoms with van der Waals surface area (Å²) in [6, 6.07) is 10.7. The van der Waals surface area contributed by atoms with Crippen molar-refractivity contribution in [1.82, 2.24) is 9.29 Å².